The Morgan fingerprint density at radius 1 is 1.14 bits per heavy atom. The van der Waals surface area contributed by atoms with Crippen LogP contribution in [0.25, 0.3) is 16.6 Å². The fourth-order valence-electron chi connectivity index (χ4n) is 3.34. The topological polar surface area (TPSA) is 68.2 Å². The van der Waals surface area contributed by atoms with Gasteiger partial charge in [-0.15, -0.1) is 0 Å². The molecule has 5 nitrogen and oxygen atoms in total. The van der Waals surface area contributed by atoms with Crippen molar-refractivity contribution in [1.29, 1.82) is 0 Å². The molecule has 1 aromatic carbocycles. The maximum atomic E-state index is 6.15. The Balaban J connectivity index is 1.93. The molecule has 1 aliphatic heterocycles. The summed E-state index contributed by atoms with van der Waals surface area (Å²) in [5.74, 6) is 1.05. The van der Waals surface area contributed by atoms with Gasteiger partial charge in [-0.2, -0.15) is 5.10 Å². The van der Waals surface area contributed by atoms with Gasteiger partial charge in [-0.05, 0) is 37.6 Å². The fourth-order valence-corrected chi connectivity index (χ4v) is 3.34. The van der Waals surface area contributed by atoms with Crippen molar-refractivity contribution >= 4 is 11.3 Å². The van der Waals surface area contributed by atoms with Gasteiger partial charge < -0.3 is 11.1 Å². The number of nitrogens with two attached hydrogens (primary N) is 1. The highest BCUT2D eigenvalue weighted by atomic mass is 15.3. The van der Waals surface area contributed by atoms with Crippen molar-refractivity contribution < 1.29 is 0 Å². The van der Waals surface area contributed by atoms with Crippen LogP contribution in [0.2, 0.25) is 0 Å². The molecule has 0 atom stereocenters. The lowest BCUT2D eigenvalue weighted by atomic mass is 9.94. The van der Waals surface area contributed by atoms with Gasteiger partial charge in [0.1, 0.15) is 11.8 Å². The molecule has 1 aliphatic rings. The van der Waals surface area contributed by atoms with Crippen molar-refractivity contribution in [2.45, 2.75) is 18.8 Å². The number of benzene rings is 1. The molecular formula is C17H19N5. The Morgan fingerprint density at radius 3 is 2.68 bits per heavy atom. The molecular weight excluding hydrogens is 274 g/mol. The van der Waals surface area contributed by atoms with Gasteiger partial charge in [0.05, 0.1) is 0 Å². The van der Waals surface area contributed by atoms with Crippen LogP contribution < -0.4 is 11.1 Å². The normalized spacial score (nSPS) is 16.2. The van der Waals surface area contributed by atoms with Crippen LogP contribution >= 0.6 is 0 Å². The maximum absolute atomic E-state index is 6.15. The maximum Gasteiger partial charge on any atom is 0.151 e. The van der Waals surface area contributed by atoms with Gasteiger partial charge in [0.2, 0.25) is 0 Å². The first-order chi connectivity index (χ1) is 10.8. The molecule has 3 heterocycles. The van der Waals surface area contributed by atoms with E-state index in [0.717, 1.165) is 42.6 Å². The van der Waals surface area contributed by atoms with Crippen LogP contribution in [0.3, 0.4) is 0 Å². The van der Waals surface area contributed by atoms with Gasteiger partial charge in [0.15, 0.2) is 5.82 Å². The van der Waals surface area contributed by atoms with E-state index in [1.165, 1.54) is 5.69 Å². The van der Waals surface area contributed by atoms with Crippen molar-refractivity contribution in [3.63, 3.8) is 0 Å². The van der Waals surface area contributed by atoms with E-state index in [-0.39, 0.29) is 0 Å². The summed E-state index contributed by atoms with van der Waals surface area (Å²) in [6.07, 6.45) is 3.80. The van der Waals surface area contributed by atoms with Crippen LogP contribution in [-0.2, 0) is 0 Å². The predicted octanol–water partition coefficient (Wildman–Crippen LogP) is 2.45. The minimum Gasteiger partial charge on any atom is -0.382 e. The van der Waals surface area contributed by atoms with E-state index in [4.69, 9.17) is 5.73 Å². The van der Waals surface area contributed by atoms with Crippen LogP contribution in [0.15, 0.2) is 42.7 Å². The van der Waals surface area contributed by atoms with Crippen LogP contribution in [0.5, 0.6) is 0 Å². The Labute approximate surface area is 129 Å². The molecule has 0 amide bonds. The van der Waals surface area contributed by atoms with Gasteiger partial charge in [-0.1, -0.05) is 30.3 Å². The van der Waals surface area contributed by atoms with E-state index in [0.29, 0.717) is 11.7 Å². The Morgan fingerprint density at radius 2 is 1.91 bits per heavy atom. The lowest BCUT2D eigenvalue weighted by Crippen LogP contribution is -2.27. The second-order valence-corrected chi connectivity index (χ2v) is 5.78. The number of hydrogen-bond donors (Lipinski definition) is 2. The van der Waals surface area contributed by atoms with Gasteiger partial charge in [0, 0.05) is 17.2 Å². The molecule has 22 heavy (non-hydrogen) atoms. The third-order valence-electron chi connectivity index (χ3n) is 4.45. The number of rotatable bonds is 2. The minimum absolute atomic E-state index is 0.514. The van der Waals surface area contributed by atoms with Crippen molar-refractivity contribution in [3.05, 3.63) is 48.4 Å². The van der Waals surface area contributed by atoms with E-state index in [9.17, 15) is 0 Å². The van der Waals surface area contributed by atoms with E-state index in [1.807, 2.05) is 22.7 Å². The molecule has 2 aromatic heterocycles. The van der Waals surface area contributed by atoms with Gasteiger partial charge in [-0.25, -0.2) is 9.50 Å². The smallest absolute Gasteiger partial charge is 0.151 e. The van der Waals surface area contributed by atoms with Crippen LogP contribution in [0, 0.1) is 0 Å². The Bertz CT molecular complexity index is 787. The fraction of sp³-hybridized carbons (Fsp3) is 0.294. The van der Waals surface area contributed by atoms with Crippen molar-refractivity contribution in [2.24, 2.45) is 0 Å². The number of piperidine rings is 1. The molecule has 112 valence electrons. The van der Waals surface area contributed by atoms with Crippen molar-refractivity contribution in [1.82, 2.24) is 19.9 Å². The molecule has 3 N–H and O–H groups in total. The number of hydrogen-bond acceptors (Lipinski definition) is 4. The molecule has 0 unspecified atom stereocenters. The first-order valence-electron chi connectivity index (χ1n) is 7.73. The zero-order valence-electron chi connectivity index (χ0n) is 12.4. The molecule has 1 fully saturated rings. The average Bonchev–Trinajstić information content (AvgIpc) is 2.98. The number of anilines is 1. The van der Waals surface area contributed by atoms with E-state index >= 15 is 0 Å². The SMILES string of the molecule is Nc1ncnn2c(C3CCNCC3)cc(-c3ccccc3)c12. The highest BCUT2D eigenvalue weighted by Crippen LogP contribution is 2.35. The second kappa shape index (κ2) is 5.42. The highest BCUT2D eigenvalue weighted by Gasteiger charge is 2.22. The number of aromatic nitrogens is 3. The first kappa shape index (κ1) is 13.3. The molecule has 0 radical (unpaired) electrons. The summed E-state index contributed by atoms with van der Waals surface area (Å²) < 4.78 is 1.99. The Kier molecular flexibility index (Phi) is 3.27. The molecule has 4 rings (SSSR count). The van der Waals surface area contributed by atoms with Crippen molar-refractivity contribution in [3.8, 4) is 11.1 Å². The average molecular weight is 293 g/mol. The van der Waals surface area contributed by atoms with E-state index in [1.54, 1.807) is 6.33 Å². The lowest BCUT2D eigenvalue weighted by molar-refractivity contribution is 0.448. The zero-order valence-corrected chi connectivity index (χ0v) is 12.4. The molecule has 1 saturated heterocycles. The molecule has 0 aliphatic carbocycles. The minimum atomic E-state index is 0.514. The number of nitrogen functional groups attached to an aromatic ring is 1. The lowest BCUT2D eigenvalue weighted by Gasteiger charge is -2.22. The van der Waals surface area contributed by atoms with Crippen LogP contribution in [-0.4, -0.2) is 27.7 Å². The van der Waals surface area contributed by atoms with Crippen molar-refractivity contribution in [2.75, 3.05) is 18.8 Å². The Hall–Kier alpha value is -2.40. The van der Waals surface area contributed by atoms with E-state index < -0.39 is 0 Å². The molecule has 3 aromatic rings. The van der Waals surface area contributed by atoms with Crippen LogP contribution in [0.4, 0.5) is 5.82 Å². The van der Waals surface area contributed by atoms with Gasteiger partial charge in [0.25, 0.3) is 0 Å². The summed E-state index contributed by atoms with van der Waals surface area (Å²) in [6, 6.07) is 12.6. The third-order valence-corrected chi connectivity index (χ3v) is 4.45. The third kappa shape index (κ3) is 2.14. The summed E-state index contributed by atoms with van der Waals surface area (Å²) >= 11 is 0. The monoisotopic (exact) mass is 293 g/mol. The quantitative estimate of drug-likeness (QED) is 0.761. The standard InChI is InChI=1S/C17H19N5/c18-17-16-14(12-4-2-1-3-5-12)10-15(22(16)21-11-20-17)13-6-8-19-9-7-13/h1-5,10-11,13,19H,6-9H2,(H2,18,20,21). The second-order valence-electron chi connectivity index (χ2n) is 5.78. The largest absolute Gasteiger partial charge is 0.382 e. The summed E-state index contributed by atoms with van der Waals surface area (Å²) in [6.45, 7) is 2.11. The summed E-state index contributed by atoms with van der Waals surface area (Å²) in [5.41, 5.74) is 10.6. The van der Waals surface area contributed by atoms with E-state index in [2.05, 4.69) is 33.6 Å². The number of nitrogens with zero attached hydrogens (tertiary/aromatic N) is 3. The summed E-state index contributed by atoms with van der Waals surface area (Å²) in [4.78, 5) is 4.19. The highest BCUT2D eigenvalue weighted by molar-refractivity contribution is 5.88. The number of nitrogens with one attached hydrogen (secondary N) is 1. The molecule has 0 spiro atoms. The predicted molar refractivity (Wildman–Crippen MR) is 87.7 cm³/mol. The van der Waals surface area contributed by atoms with Gasteiger partial charge >= 0.3 is 0 Å². The zero-order chi connectivity index (χ0) is 14.9. The summed E-state index contributed by atoms with van der Waals surface area (Å²) in [5, 5.41) is 7.88. The number of fused-ring (bicyclic) bond motifs is 1. The van der Waals surface area contributed by atoms with Gasteiger partial charge in [-0.3, -0.25) is 0 Å². The molecule has 0 bridgehead atoms. The molecule has 0 saturated carbocycles. The first-order valence-corrected chi connectivity index (χ1v) is 7.73. The summed E-state index contributed by atoms with van der Waals surface area (Å²) in [7, 11) is 0. The molecule has 5 heteroatoms. The van der Waals surface area contributed by atoms with Crippen LogP contribution in [0.1, 0.15) is 24.5 Å².